The molecule has 2 N–H and O–H groups in total. The van der Waals surface area contributed by atoms with Gasteiger partial charge in [0, 0.05) is 17.3 Å². The number of anilines is 1. The Labute approximate surface area is 89.5 Å². The second-order valence-electron chi connectivity index (χ2n) is 3.16. The molecule has 1 aromatic carbocycles. The molecule has 0 aliphatic rings. The molecule has 0 saturated carbocycles. The summed E-state index contributed by atoms with van der Waals surface area (Å²) in [6.45, 7) is 0. The van der Waals surface area contributed by atoms with Crippen molar-refractivity contribution < 1.29 is 13.2 Å². The van der Waals surface area contributed by atoms with Crippen molar-refractivity contribution in [2.45, 2.75) is 0 Å². The average Bonchev–Trinajstić information content (AvgIpc) is 2.28. The van der Waals surface area contributed by atoms with Crippen LogP contribution in [0.3, 0.4) is 0 Å². The van der Waals surface area contributed by atoms with E-state index in [4.69, 9.17) is 5.73 Å². The third kappa shape index (κ3) is 1.60. The summed E-state index contributed by atoms with van der Waals surface area (Å²) in [5.41, 5.74) is 5.64. The number of nitrogens with two attached hydrogens (primary N) is 1. The van der Waals surface area contributed by atoms with Gasteiger partial charge in [-0.1, -0.05) is 0 Å². The van der Waals surface area contributed by atoms with Crippen molar-refractivity contribution in [3.63, 3.8) is 0 Å². The highest BCUT2D eigenvalue weighted by atomic mass is 19.2. The van der Waals surface area contributed by atoms with Gasteiger partial charge in [-0.25, -0.2) is 18.2 Å². The molecule has 0 bridgehead atoms. The maximum Gasteiger partial charge on any atom is 0.195 e. The Kier molecular flexibility index (Phi) is 2.52. The molecule has 0 spiro atoms. The zero-order valence-corrected chi connectivity index (χ0v) is 8.05. The lowest BCUT2D eigenvalue weighted by Gasteiger charge is -2.06. The number of pyridine rings is 1. The molecule has 0 atom stereocenters. The Hall–Kier alpha value is -2.04. The van der Waals surface area contributed by atoms with Crippen LogP contribution in [0.1, 0.15) is 0 Å². The molecule has 0 unspecified atom stereocenters. The van der Waals surface area contributed by atoms with Gasteiger partial charge in [-0.05, 0) is 24.3 Å². The van der Waals surface area contributed by atoms with Crippen LogP contribution in [0.2, 0.25) is 0 Å². The molecule has 16 heavy (non-hydrogen) atoms. The molecule has 5 heteroatoms. The first-order chi connectivity index (χ1) is 7.61. The zero-order chi connectivity index (χ0) is 11.7. The Morgan fingerprint density at radius 1 is 0.938 bits per heavy atom. The van der Waals surface area contributed by atoms with Crippen molar-refractivity contribution >= 4 is 5.82 Å². The van der Waals surface area contributed by atoms with E-state index < -0.39 is 17.5 Å². The van der Waals surface area contributed by atoms with Gasteiger partial charge in [-0.2, -0.15) is 0 Å². The molecule has 1 heterocycles. The van der Waals surface area contributed by atoms with Crippen molar-refractivity contribution in [3.8, 4) is 11.1 Å². The van der Waals surface area contributed by atoms with Crippen molar-refractivity contribution in [2.24, 2.45) is 0 Å². The van der Waals surface area contributed by atoms with Gasteiger partial charge in [0.1, 0.15) is 5.82 Å². The first-order valence-corrected chi connectivity index (χ1v) is 4.45. The van der Waals surface area contributed by atoms with E-state index in [1.165, 1.54) is 18.3 Å². The number of nitrogen functional groups attached to an aromatic ring is 1. The van der Waals surface area contributed by atoms with Gasteiger partial charge in [-0.3, -0.25) is 0 Å². The maximum atomic E-state index is 13.4. The van der Waals surface area contributed by atoms with Crippen LogP contribution in [-0.4, -0.2) is 4.98 Å². The van der Waals surface area contributed by atoms with Crippen LogP contribution in [-0.2, 0) is 0 Å². The topological polar surface area (TPSA) is 38.9 Å². The van der Waals surface area contributed by atoms with E-state index in [-0.39, 0.29) is 16.9 Å². The minimum atomic E-state index is -1.51. The van der Waals surface area contributed by atoms with Gasteiger partial charge in [0.2, 0.25) is 0 Å². The Bertz CT molecular complexity index is 541. The number of benzene rings is 1. The predicted molar refractivity (Wildman–Crippen MR) is 54.0 cm³/mol. The minimum Gasteiger partial charge on any atom is -0.383 e. The second kappa shape index (κ2) is 3.84. The Balaban J connectivity index is 2.66. The van der Waals surface area contributed by atoms with E-state index >= 15 is 0 Å². The van der Waals surface area contributed by atoms with Crippen molar-refractivity contribution in [1.82, 2.24) is 4.98 Å². The molecule has 0 aliphatic heterocycles. The lowest BCUT2D eigenvalue weighted by atomic mass is 10.1. The standard InChI is InChI=1S/C11H7F3N2/c12-8-4-3-6(9(13)10(8)14)7-2-1-5-16-11(7)15/h1-5H,(H2,15,16). The molecular weight excluding hydrogens is 217 g/mol. The summed E-state index contributed by atoms with van der Waals surface area (Å²) < 4.78 is 39.1. The lowest BCUT2D eigenvalue weighted by Crippen LogP contribution is -1.98. The fourth-order valence-corrected chi connectivity index (χ4v) is 1.38. The van der Waals surface area contributed by atoms with Crippen LogP contribution in [0.15, 0.2) is 30.5 Å². The summed E-state index contributed by atoms with van der Waals surface area (Å²) in [5, 5.41) is 0. The Morgan fingerprint density at radius 2 is 1.69 bits per heavy atom. The maximum absolute atomic E-state index is 13.4. The second-order valence-corrected chi connectivity index (χ2v) is 3.16. The summed E-state index contributed by atoms with van der Waals surface area (Å²) in [5.74, 6) is -3.95. The van der Waals surface area contributed by atoms with Gasteiger partial charge in [-0.15, -0.1) is 0 Å². The molecule has 2 nitrogen and oxygen atoms in total. The van der Waals surface area contributed by atoms with Crippen LogP contribution in [0.25, 0.3) is 11.1 Å². The number of hydrogen-bond acceptors (Lipinski definition) is 2. The fraction of sp³-hybridized carbons (Fsp3) is 0. The van der Waals surface area contributed by atoms with Gasteiger partial charge in [0.25, 0.3) is 0 Å². The van der Waals surface area contributed by atoms with Crippen LogP contribution >= 0.6 is 0 Å². The molecule has 0 aliphatic carbocycles. The number of nitrogens with zero attached hydrogens (tertiary/aromatic N) is 1. The highest BCUT2D eigenvalue weighted by Crippen LogP contribution is 2.28. The van der Waals surface area contributed by atoms with E-state index in [9.17, 15) is 13.2 Å². The SMILES string of the molecule is Nc1ncccc1-c1ccc(F)c(F)c1F. The molecule has 0 amide bonds. The van der Waals surface area contributed by atoms with E-state index in [0.717, 1.165) is 12.1 Å². The molecule has 1 aromatic heterocycles. The van der Waals surface area contributed by atoms with Gasteiger partial charge in [0.05, 0.1) is 0 Å². The summed E-state index contributed by atoms with van der Waals surface area (Å²) >= 11 is 0. The van der Waals surface area contributed by atoms with Gasteiger partial charge >= 0.3 is 0 Å². The minimum absolute atomic E-state index is 0.0624. The molecular formula is C11H7F3N2. The van der Waals surface area contributed by atoms with Crippen LogP contribution in [0.5, 0.6) is 0 Å². The zero-order valence-electron chi connectivity index (χ0n) is 8.05. The quantitative estimate of drug-likeness (QED) is 0.756. The average molecular weight is 224 g/mol. The molecule has 82 valence electrons. The molecule has 2 aromatic rings. The van der Waals surface area contributed by atoms with Crippen molar-refractivity contribution in [3.05, 3.63) is 47.9 Å². The number of rotatable bonds is 1. The molecule has 2 rings (SSSR count). The normalized spacial score (nSPS) is 10.4. The monoisotopic (exact) mass is 224 g/mol. The number of hydrogen-bond donors (Lipinski definition) is 1. The van der Waals surface area contributed by atoms with E-state index in [2.05, 4.69) is 4.98 Å². The van der Waals surface area contributed by atoms with Crippen LogP contribution < -0.4 is 5.73 Å². The smallest absolute Gasteiger partial charge is 0.195 e. The van der Waals surface area contributed by atoms with Crippen molar-refractivity contribution in [1.29, 1.82) is 0 Å². The number of halogens is 3. The van der Waals surface area contributed by atoms with Gasteiger partial charge in [0.15, 0.2) is 17.5 Å². The van der Waals surface area contributed by atoms with E-state index in [1.807, 2.05) is 0 Å². The molecule has 0 radical (unpaired) electrons. The Morgan fingerprint density at radius 3 is 2.38 bits per heavy atom. The first kappa shape index (κ1) is 10.5. The van der Waals surface area contributed by atoms with E-state index in [1.54, 1.807) is 0 Å². The highest BCUT2D eigenvalue weighted by Gasteiger charge is 2.16. The van der Waals surface area contributed by atoms with E-state index in [0.29, 0.717) is 0 Å². The fourth-order valence-electron chi connectivity index (χ4n) is 1.38. The third-order valence-corrected chi connectivity index (χ3v) is 2.16. The largest absolute Gasteiger partial charge is 0.383 e. The van der Waals surface area contributed by atoms with Crippen LogP contribution in [0, 0.1) is 17.5 Å². The summed E-state index contributed by atoms with van der Waals surface area (Å²) in [6.07, 6.45) is 1.43. The van der Waals surface area contributed by atoms with Gasteiger partial charge < -0.3 is 5.73 Å². The third-order valence-electron chi connectivity index (χ3n) is 2.16. The highest BCUT2D eigenvalue weighted by molar-refractivity contribution is 5.73. The predicted octanol–water partition coefficient (Wildman–Crippen LogP) is 2.75. The van der Waals surface area contributed by atoms with Crippen molar-refractivity contribution in [2.75, 3.05) is 5.73 Å². The summed E-state index contributed by atoms with van der Waals surface area (Å²) in [6, 6.07) is 4.99. The molecule has 0 fully saturated rings. The lowest BCUT2D eigenvalue weighted by molar-refractivity contribution is 0.449. The summed E-state index contributed by atoms with van der Waals surface area (Å²) in [7, 11) is 0. The van der Waals surface area contributed by atoms with Crippen LogP contribution in [0.4, 0.5) is 19.0 Å². The summed E-state index contributed by atoms with van der Waals surface area (Å²) in [4.78, 5) is 3.74. The molecule has 0 saturated heterocycles. The number of aromatic nitrogens is 1. The first-order valence-electron chi connectivity index (χ1n) is 4.45.